The van der Waals surface area contributed by atoms with Gasteiger partial charge in [0, 0.05) is 22.9 Å². The molecule has 20 heavy (non-hydrogen) atoms. The predicted molar refractivity (Wildman–Crippen MR) is 87.1 cm³/mol. The molecule has 0 radical (unpaired) electrons. The van der Waals surface area contributed by atoms with E-state index < -0.39 is 0 Å². The Morgan fingerprint density at radius 3 is 2.70 bits per heavy atom. The van der Waals surface area contributed by atoms with Crippen molar-refractivity contribution in [3.63, 3.8) is 0 Å². The molecule has 1 aromatic rings. The summed E-state index contributed by atoms with van der Waals surface area (Å²) in [6, 6.07) is 2.51. The van der Waals surface area contributed by atoms with Gasteiger partial charge in [-0.3, -0.25) is 16.3 Å². The lowest BCUT2D eigenvalue weighted by atomic mass is 9.76. The second kappa shape index (κ2) is 8.11. The number of halogens is 1. The van der Waals surface area contributed by atoms with Gasteiger partial charge in [0.1, 0.15) is 0 Å². The quantitative estimate of drug-likeness (QED) is 0.611. The van der Waals surface area contributed by atoms with E-state index in [4.69, 9.17) is 5.84 Å². The summed E-state index contributed by atoms with van der Waals surface area (Å²) in [4.78, 5) is 4.24. The molecule has 4 heteroatoms. The van der Waals surface area contributed by atoms with Gasteiger partial charge in [-0.1, -0.05) is 32.6 Å². The summed E-state index contributed by atoms with van der Waals surface area (Å²) < 4.78 is 1.04. The third-order valence-electron chi connectivity index (χ3n) is 4.59. The Labute approximate surface area is 130 Å². The molecule has 1 saturated carbocycles. The molecule has 1 heterocycles. The van der Waals surface area contributed by atoms with Gasteiger partial charge >= 0.3 is 0 Å². The van der Waals surface area contributed by atoms with Crippen molar-refractivity contribution >= 4 is 15.9 Å². The zero-order chi connectivity index (χ0) is 14.4. The summed E-state index contributed by atoms with van der Waals surface area (Å²) in [6.07, 6.45) is 12.8. The first-order valence-electron chi connectivity index (χ1n) is 7.78. The fourth-order valence-corrected chi connectivity index (χ4v) is 3.88. The Morgan fingerprint density at radius 2 is 2.10 bits per heavy atom. The highest BCUT2D eigenvalue weighted by Gasteiger charge is 2.26. The summed E-state index contributed by atoms with van der Waals surface area (Å²) in [7, 11) is 0. The zero-order valence-electron chi connectivity index (χ0n) is 12.3. The Balaban J connectivity index is 1.89. The van der Waals surface area contributed by atoms with Crippen LogP contribution in [0.5, 0.6) is 0 Å². The van der Waals surface area contributed by atoms with Gasteiger partial charge in [0.25, 0.3) is 0 Å². The molecule has 1 aliphatic rings. The van der Waals surface area contributed by atoms with Crippen LogP contribution in [0.25, 0.3) is 0 Å². The number of hydrogen-bond acceptors (Lipinski definition) is 3. The maximum absolute atomic E-state index is 5.80. The van der Waals surface area contributed by atoms with Crippen molar-refractivity contribution in [3.8, 4) is 0 Å². The molecule has 1 fully saturated rings. The highest BCUT2D eigenvalue weighted by Crippen LogP contribution is 2.34. The van der Waals surface area contributed by atoms with E-state index in [0.717, 1.165) is 16.8 Å². The van der Waals surface area contributed by atoms with Crippen molar-refractivity contribution in [3.05, 3.63) is 28.5 Å². The van der Waals surface area contributed by atoms with Crippen LogP contribution in [-0.4, -0.2) is 11.0 Å². The van der Waals surface area contributed by atoms with Gasteiger partial charge in [0.15, 0.2) is 0 Å². The zero-order valence-corrected chi connectivity index (χ0v) is 13.9. The van der Waals surface area contributed by atoms with Gasteiger partial charge in [0.05, 0.1) is 0 Å². The van der Waals surface area contributed by atoms with Crippen LogP contribution >= 0.6 is 15.9 Å². The van der Waals surface area contributed by atoms with E-state index in [2.05, 4.69) is 39.3 Å². The van der Waals surface area contributed by atoms with E-state index in [1.54, 1.807) is 0 Å². The van der Waals surface area contributed by atoms with Crippen LogP contribution in [0.3, 0.4) is 0 Å². The molecule has 0 saturated heterocycles. The van der Waals surface area contributed by atoms with Gasteiger partial charge in [-0.2, -0.15) is 0 Å². The second-order valence-corrected chi connectivity index (χ2v) is 6.97. The first-order valence-corrected chi connectivity index (χ1v) is 8.57. The number of hydrazine groups is 1. The number of pyridine rings is 1. The molecule has 112 valence electrons. The molecule has 1 atom stereocenters. The molecule has 1 unspecified atom stereocenters. The number of aromatic nitrogens is 1. The number of nitrogens with zero attached hydrogens (tertiary/aromatic N) is 1. The SMILES string of the molecule is CCCC1CCC(C(Cc2cncc(Br)c2)NN)CC1. The lowest BCUT2D eigenvalue weighted by molar-refractivity contribution is 0.213. The Kier molecular flexibility index (Phi) is 6.46. The van der Waals surface area contributed by atoms with Crippen molar-refractivity contribution in [2.75, 3.05) is 0 Å². The average molecular weight is 340 g/mol. The van der Waals surface area contributed by atoms with Crippen LogP contribution in [-0.2, 0) is 6.42 Å². The lowest BCUT2D eigenvalue weighted by Crippen LogP contribution is -2.43. The Morgan fingerprint density at radius 1 is 1.35 bits per heavy atom. The molecule has 0 spiro atoms. The van der Waals surface area contributed by atoms with Crippen molar-refractivity contribution in [1.82, 2.24) is 10.4 Å². The minimum absolute atomic E-state index is 0.369. The van der Waals surface area contributed by atoms with Crippen LogP contribution in [0.2, 0.25) is 0 Å². The number of nitrogens with one attached hydrogen (secondary N) is 1. The largest absolute Gasteiger partial charge is 0.271 e. The second-order valence-electron chi connectivity index (χ2n) is 6.06. The smallest absolute Gasteiger partial charge is 0.0410 e. The van der Waals surface area contributed by atoms with Crippen molar-refractivity contribution in [2.24, 2.45) is 17.7 Å². The third kappa shape index (κ3) is 4.54. The van der Waals surface area contributed by atoms with Gasteiger partial charge in [-0.15, -0.1) is 0 Å². The van der Waals surface area contributed by atoms with E-state index in [1.165, 1.54) is 44.1 Å². The van der Waals surface area contributed by atoms with Crippen LogP contribution in [0, 0.1) is 11.8 Å². The van der Waals surface area contributed by atoms with Crippen LogP contribution < -0.4 is 11.3 Å². The molecule has 1 aliphatic carbocycles. The molecule has 0 bridgehead atoms. The summed E-state index contributed by atoms with van der Waals surface area (Å²) in [5.41, 5.74) is 4.29. The molecule has 1 aromatic heterocycles. The normalized spacial score (nSPS) is 24.6. The Bertz CT molecular complexity index is 402. The van der Waals surface area contributed by atoms with Gasteiger partial charge in [0.2, 0.25) is 0 Å². The number of rotatable bonds is 6. The van der Waals surface area contributed by atoms with E-state index >= 15 is 0 Å². The fraction of sp³-hybridized carbons (Fsp3) is 0.688. The van der Waals surface area contributed by atoms with Gasteiger partial charge in [-0.05, 0) is 58.7 Å². The lowest BCUT2D eigenvalue weighted by Gasteiger charge is -2.33. The third-order valence-corrected chi connectivity index (χ3v) is 5.02. The van der Waals surface area contributed by atoms with Crippen molar-refractivity contribution in [1.29, 1.82) is 0 Å². The highest BCUT2D eigenvalue weighted by atomic mass is 79.9. The first kappa shape index (κ1) is 15.9. The first-order chi connectivity index (χ1) is 9.72. The molecule has 2 rings (SSSR count). The van der Waals surface area contributed by atoms with Crippen LogP contribution in [0.15, 0.2) is 22.9 Å². The summed E-state index contributed by atoms with van der Waals surface area (Å²) in [5, 5.41) is 0. The maximum Gasteiger partial charge on any atom is 0.0410 e. The highest BCUT2D eigenvalue weighted by molar-refractivity contribution is 9.10. The predicted octanol–water partition coefficient (Wildman–Crippen LogP) is 3.83. The topological polar surface area (TPSA) is 50.9 Å². The monoisotopic (exact) mass is 339 g/mol. The summed E-state index contributed by atoms with van der Waals surface area (Å²) in [6.45, 7) is 2.29. The molecule has 3 N–H and O–H groups in total. The standard InChI is InChI=1S/C16H26BrN3/c1-2-3-12-4-6-14(7-5-12)16(20-18)9-13-8-15(17)11-19-10-13/h8,10-12,14,16,20H,2-7,9,18H2,1H3. The molecule has 3 nitrogen and oxygen atoms in total. The van der Waals surface area contributed by atoms with Crippen molar-refractivity contribution in [2.45, 2.75) is 57.9 Å². The van der Waals surface area contributed by atoms with Crippen molar-refractivity contribution < 1.29 is 0 Å². The average Bonchev–Trinajstić information content (AvgIpc) is 2.46. The van der Waals surface area contributed by atoms with Gasteiger partial charge in [-0.25, -0.2) is 0 Å². The molecular weight excluding hydrogens is 314 g/mol. The molecule has 0 aromatic carbocycles. The van der Waals surface area contributed by atoms with E-state index in [1.807, 2.05) is 12.4 Å². The molecular formula is C16H26BrN3. The summed E-state index contributed by atoms with van der Waals surface area (Å²) in [5.74, 6) is 7.45. The molecule has 0 aliphatic heterocycles. The number of nitrogens with two attached hydrogens (primary N) is 1. The Hall–Kier alpha value is -0.450. The number of hydrogen-bond donors (Lipinski definition) is 2. The van der Waals surface area contributed by atoms with Crippen LogP contribution in [0.4, 0.5) is 0 Å². The van der Waals surface area contributed by atoms with E-state index in [-0.39, 0.29) is 0 Å². The minimum Gasteiger partial charge on any atom is -0.271 e. The maximum atomic E-state index is 5.80. The molecule has 0 amide bonds. The van der Waals surface area contributed by atoms with Gasteiger partial charge < -0.3 is 0 Å². The summed E-state index contributed by atoms with van der Waals surface area (Å²) >= 11 is 3.48. The van der Waals surface area contributed by atoms with E-state index in [0.29, 0.717) is 12.0 Å². The van der Waals surface area contributed by atoms with Crippen LogP contribution in [0.1, 0.15) is 51.0 Å². The fourth-order valence-electron chi connectivity index (χ4n) is 3.47. The van der Waals surface area contributed by atoms with E-state index in [9.17, 15) is 0 Å². The minimum atomic E-state index is 0.369.